The Bertz CT molecular complexity index is 933. The minimum absolute atomic E-state index is 0.0186. The molecule has 0 aliphatic heterocycles. The van der Waals surface area contributed by atoms with Gasteiger partial charge in [-0.2, -0.15) is 22.0 Å². The van der Waals surface area contributed by atoms with Gasteiger partial charge < -0.3 is 4.52 Å². The molecule has 0 aliphatic carbocycles. The van der Waals surface area contributed by atoms with E-state index in [9.17, 15) is 26.5 Å². The smallest absolute Gasteiger partial charge is 0.307 e. The van der Waals surface area contributed by atoms with Crippen LogP contribution >= 0.6 is 7.37 Å². The van der Waals surface area contributed by atoms with Gasteiger partial charge in [-0.15, -0.1) is 0 Å². The first kappa shape index (κ1) is 21.2. The fraction of sp³-hybridized carbons (Fsp3) is 0.143. The molecule has 0 aliphatic rings. The van der Waals surface area contributed by atoms with Gasteiger partial charge in [0, 0.05) is 10.6 Å². The molecule has 0 saturated heterocycles. The minimum atomic E-state index is -5.90. The standard InChI is InChI=1S/C21H16F5O2P/c22-20(23,21(24,25)26)19(16-10-4-1-5-11-16)28-29(27,17-12-6-2-7-13-17)18-14-8-3-9-15-18/h1-15,19H. The largest absolute Gasteiger partial charge is 0.456 e. The van der Waals surface area contributed by atoms with Crippen LogP contribution in [0.3, 0.4) is 0 Å². The summed E-state index contributed by atoms with van der Waals surface area (Å²) in [5, 5.41) is 0.0372. The van der Waals surface area contributed by atoms with Crippen LogP contribution in [0.4, 0.5) is 22.0 Å². The fourth-order valence-electron chi connectivity index (χ4n) is 2.78. The van der Waals surface area contributed by atoms with E-state index in [0.717, 1.165) is 12.1 Å². The minimum Gasteiger partial charge on any atom is -0.307 e. The molecule has 8 heteroatoms. The molecule has 152 valence electrons. The molecule has 0 amide bonds. The van der Waals surface area contributed by atoms with Crippen molar-refractivity contribution < 1.29 is 31.0 Å². The second kappa shape index (κ2) is 8.09. The molecule has 0 bridgehead atoms. The van der Waals surface area contributed by atoms with Crippen LogP contribution in [0.5, 0.6) is 0 Å². The van der Waals surface area contributed by atoms with Crippen LogP contribution in [0, 0.1) is 0 Å². The second-order valence-corrected chi connectivity index (χ2v) is 8.59. The molecule has 3 aromatic carbocycles. The summed E-state index contributed by atoms with van der Waals surface area (Å²) in [6, 6.07) is 21.0. The van der Waals surface area contributed by atoms with Crippen molar-refractivity contribution in [1.82, 2.24) is 0 Å². The summed E-state index contributed by atoms with van der Waals surface area (Å²) in [4.78, 5) is 0. The third-order valence-electron chi connectivity index (χ3n) is 4.26. The highest BCUT2D eigenvalue weighted by Gasteiger charge is 2.64. The Morgan fingerprint density at radius 1 is 0.655 bits per heavy atom. The Labute approximate surface area is 164 Å². The molecular formula is C21H16F5O2P. The number of rotatable bonds is 6. The zero-order valence-corrected chi connectivity index (χ0v) is 15.8. The first-order valence-corrected chi connectivity index (χ1v) is 10.2. The number of halogens is 5. The number of alkyl halides is 5. The Balaban J connectivity index is 2.18. The van der Waals surface area contributed by atoms with Gasteiger partial charge in [-0.3, -0.25) is 4.57 Å². The highest BCUT2D eigenvalue weighted by molar-refractivity contribution is 7.74. The average Bonchev–Trinajstić information content (AvgIpc) is 2.73. The summed E-state index contributed by atoms with van der Waals surface area (Å²) >= 11 is 0. The molecule has 0 fully saturated rings. The van der Waals surface area contributed by atoms with Gasteiger partial charge in [-0.25, -0.2) is 0 Å². The third kappa shape index (κ3) is 4.26. The molecule has 0 spiro atoms. The lowest BCUT2D eigenvalue weighted by molar-refractivity contribution is -0.310. The summed E-state index contributed by atoms with van der Waals surface area (Å²) in [6.45, 7) is 0. The number of benzene rings is 3. The number of hydrogen-bond acceptors (Lipinski definition) is 2. The van der Waals surface area contributed by atoms with Crippen molar-refractivity contribution >= 4 is 18.0 Å². The van der Waals surface area contributed by atoms with Crippen LogP contribution in [0.25, 0.3) is 0 Å². The summed E-state index contributed by atoms with van der Waals surface area (Å²) in [7, 11) is -4.29. The highest BCUT2D eigenvalue weighted by atomic mass is 31.2. The zero-order valence-electron chi connectivity index (χ0n) is 14.9. The molecule has 2 nitrogen and oxygen atoms in total. The molecule has 0 N–H and O–H groups in total. The molecule has 3 aromatic rings. The normalized spacial score (nSPS) is 13.8. The second-order valence-electron chi connectivity index (χ2n) is 6.24. The molecule has 29 heavy (non-hydrogen) atoms. The topological polar surface area (TPSA) is 26.3 Å². The first-order chi connectivity index (χ1) is 13.7. The van der Waals surface area contributed by atoms with E-state index in [4.69, 9.17) is 4.52 Å². The van der Waals surface area contributed by atoms with Crippen LogP contribution in [0.15, 0.2) is 91.0 Å². The average molecular weight is 426 g/mol. The van der Waals surface area contributed by atoms with Crippen molar-refractivity contribution in [1.29, 1.82) is 0 Å². The Morgan fingerprint density at radius 3 is 1.41 bits per heavy atom. The summed E-state index contributed by atoms with van der Waals surface area (Å²) < 4.78 is 87.8. The van der Waals surface area contributed by atoms with E-state index in [1.807, 2.05) is 0 Å². The van der Waals surface area contributed by atoms with Crippen LogP contribution in [-0.4, -0.2) is 12.1 Å². The molecule has 0 radical (unpaired) electrons. The van der Waals surface area contributed by atoms with Gasteiger partial charge in [0.15, 0.2) is 6.10 Å². The predicted molar refractivity (Wildman–Crippen MR) is 101 cm³/mol. The van der Waals surface area contributed by atoms with E-state index >= 15 is 0 Å². The molecule has 1 atom stereocenters. The Kier molecular flexibility index (Phi) is 5.92. The van der Waals surface area contributed by atoms with E-state index in [2.05, 4.69) is 0 Å². The maximum absolute atomic E-state index is 14.5. The zero-order chi connectivity index (χ0) is 21.1. The summed E-state index contributed by atoms with van der Waals surface area (Å²) in [5.74, 6) is -5.27. The van der Waals surface area contributed by atoms with Crippen molar-refractivity contribution in [2.24, 2.45) is 0 Å². The van der Waals surface area contributed by atoms with Crippen LogP contribution < -0.4 is 10.6 Å². The highest BCUT2D eigenvalue weighted by Crippen LogP contribution is 2.56. The van der Waals surface area contributed by atoms with E-state index in [-0.39, 0.29) is 10.6 Å². The van der Waals surface area contributed by atoms with Gasteiger partial charge in [0.1, 0.15) is 0 Å². The first-order valence-electron chi connectivity index (χ1n) is 8.55. The van der Waals surface area contributed by atoms with Gasteiger partial charge in [0.25, 0.3) is 7.37 Å². The SMILES string of the molecule is O=P(OC(c1ccccc1)C(F)(F)C(F)(F)F)(c1ccccc1)c1ccccc1. The van der Waals surface area contributed by atoms with E-state index in [0.29, 0.717) is 0 Å². The summed E-state index contributed by atoms with van der Waals surface area (Å²) in [6.07, 6.45) is -8.69. The predicted octanol–water partition coefficient (Wildman–Crippen LogP) is 5.87. The monoisotopic (exact) mass is 426 g/mol. The van der Waals surface area contributed by atoms with Crippen molar-refractivity contribution in [2.75, 3.05) is 0 Å². The molecule has 0 saturated carbocycles. The third-order valence-corrected chi connectivity index (χ3v) is 6.72. The quantitative estimate of drug-likeness (QED) is 0.364. The van der Waals surface area contributed by atoms with Crippen molar-refractivity contribution in [3.8, 4) is 0 Å². The molecular weight excluding hydrogens is 410 g/mol. The van der Waals surface area contributed by atoms with E-state index in [1.165, 1.54) is 66.7 Å². The maximum Gasteiger partial charge on any atom is 0.456 e. The Hall–Kier alpha value is -2.50. The lowest BCUT2D eigenvalue weighted by Gasteiger charge is -2.32. The van der Waals surface area contributed by atoms with Crippen molar-refractivity contribution in [2.45, 2.75) is 18.2 Å². The Morgan fingerprint density at radius 2 is 1.03 bits per heavy atom. The van der Waals surface area contributed by atoms with Crippen molar-refractivity contribution in [3.63, 3.8) is 0 Å². The number of hydrogen-bond donors (Lipinski definition) is 0. The lowest BCUT2D eigenvalue weighted by Crippen LogP contribution is -2.43. The van der Waals surface area contributed by atoms with Crippen LogP contribution in [-0.2, 0) is 9.09 Å². The van der Waals surface area contributed by atoms with Gasteiger partial charge >= 0.3 is 12.1 Å². The lowest BCUT2D eigenvalue weighted by atomic mass is 10.0. The molecule has 3 rings (SSSR count). The fourth-order valence-corrected chi connectivity index (χ4v) is 5.00. The van der Waals surface area contributed by atoms with Gasteiger partial charge in [-0.1, -0.05) is 66.7 Å². The van der Waals surface area contributed by atoms with E-state index < -0.39 is 31.1 Å². The van der Waals surface area contributed by atoms with Crippen LogP contribution in [0.2, 0.25) is 0 Å². The molecule has 0 aromatic heterocycles. The van der Waals surface area contributed by atoms with Crippen LogP contribution in [0.1, 0.15) is 11.7 Å². The van der Waals surface area contributed by atoms with Crippen molar-refractivity contribution in [3.05, 3.63) is 96.6 Å². The van der Waals surface area contributed by atoms with Gasteiger partial charge in [0.2, 0.25) is 0 Å². The van der Waals surface area contributed by atoms with Gasteiger partial charge in [-0.05, 0) is 29.8 Å². The summed E-state index contributed by atoms with van der Waals surface area (Å²) in [5.41, 5.74) is -0.429. The van der Waals surface area contributed by atoms with E-state index in [1.54, 1.807) is 12.1 Å². The van der Waals surface area contributed by atoms with Gasteiger partial charge in [0.05, 0.1) is 0 Å². The molecule has 1 unspecified atom stereocenters. The molecule has 0 heterocycles. The maximum atomic E-state index is 14.5.